The second kappa shape index (κ2) is 6.15. The van der Waals surface area contributed by atoms with Gasteiger partial charge in [-0.2, -0.15) is 5.26 Å². The summed E-state index contributed by atoms with van der Waals surface area (Å²) in [6.45, 7) is 1.84. The maximum Gasteiger partial charge on any atom is 0.255 e. The monoisotopic (exact) mass is 323 g/mol. The Labute approximate surface area is 137 Å². The van der Waals surface area contributed by atoms with Gasteiger partial charge in [-0.15, -0.1) is 11.8 Å². The van der Waals surface area contributed by atoms with Crippen LogP contribution in [0.15, 0.2) is 47.4 Å². The van der Waals surface area contributed by atoms with E-state index in [1.165, 1.54) is 11.8 Å². The first-order valence-electron chi connectivity index (χ1n) is 7.00. The normalized spacial score (nSPS) is 16.0. The lowest BCUT2D eigenvalue weighted by atomic mass is 10.1. The van der Waals surface area contributed by atoms with E-state index in [0.717, 1.165) is 4.90 Å². The Morgan fingerprint density at radius 2 is 2.09 bits per heavy atom. The smallest absolute Gasteiger partial charge is 0.255 e. The second-order valence-corrected chi connectivity index (χ2v) is 6.45. The number of hydrogen-bond donors (Lipinski definition) is 2. The molecule has 23 heavy (non-hydrogen) atoms. The predicted molar refractivity (Wildman–Crippen MR) is 89.5 cm³/mol. The molecule has 0 spiro atoms. The largest absolute Gasteiger partial charge is 0.324 e. The highest BCUT2D eigenvalue weighted by Gasteiger charge is 2.23. The lowest BCUT2D eigenvalue weighted by Crippen LogP contribution is -2.26. The van der Waals surface area contributed by atoms with Gasteiger partial charge in [0.2, 0.25) is 5.91 Å². The number of carbonyl (C=O) groups is 2. The number of thioether (sulfide) groups is 1. The molecule has 3 rings (SSSR count). The third kappa shape index (κ3) is 3.05. The Morgan fingerprint density at radius 3 is 2.87 bits per heavy atom. The molecule has 1 atom stereocenters. The molecule has 0 saturated heterocycles. The average Bonchev–Trinajstić information content (AvgIpc) is 2.56. The van der Waals surface area contributed by atoms with Gasteiger partial charge in [0.05, 0.1) is 22.2 Å². The SMILES string of the molecule is CC1Sc2ccc(C(=O)Nc3ccccc3C#N)cc2NC1=O. The van der Waals surface area contributed by atoms with Crippen molar-refractivity contribution >= 4 is 35.0 Å². The first-order valence-corrected chi connectivity index (χ1v) is 7.88. The maximum absolute atomic E-state index is 12.4. The van der Waals surface area contributed by atoms with Crippen LogP contribution >= 0.6 is 11.8 Å². The summed E-state index contributed by atoms with van der Waals surface area (Å²) in [7, 11) is 0. The molecule has 1 aliphatic rings. The third-order valence-corrected chi connectivity index (χ3v) is 4.65. The molecule has 0 aromatic heterocycles. The zero-order valence-corrected chi connectivity index (χ0v) is 13.1. The summed E-state index contributed by atoms with van der Waals surface area (Å²) >= 11 is 1.46. The first kappa shape index (κ1) is 15.1. The highest BCUT2D eigenvalue weighted by atomic mass is 32.2. The molecule has 2 amide bonds. The fourth-order valence-electron chi connectivity index (χ4n) is 2.23. The Bertz CT molecular complexity index is 842. The fraction of sp³-hybridized carbons (Fsp3) is 0.118. The Kier molecular flexibility index (Phi) is 4.04. The molecule has 5 nitrogen and oxygen atoms in total. The number of nitrogens with one attached hydrogen (secondary N) is 2. The Hall–Kier alpha value is -2.78. The lowest BCUT2D eigenvalue weighted by molar-refractivity contribution is -0.115. The number of benzene rings is 2. The van der Waals surface area contributed by atoms with Crippen molar-refractivity contribution in [3.05, 3.63) is 53.6 Å². The van der Waals surface area contributed by atoms with E-state index in [2.05, 4.69) is 10.6 Å². The third-order valence-electron chi connectivity index (χ3n) is 3.47. The van der Waals surface area contributed by atoms with Gasteiger partial charge < -0.3 is 10.6 Å². The molecule has 0 bridgehead atoms. The van der Waals surface area contributed by atoms with E-state index in [1.807, 2.05) is 19.1 Å². The van der Waals surface area contributed by atoms with E-state index in [-0.39, 0.29) is 17.1 Å². The van der Waals surface area contributed by atoms with Gasteiger partial charge in [-0.1, -0.05) is 12.1 Å². The minimum absolute atomic E-state index is 0.0742. The molecule has 0 fully saturated rings. The van der Waals surface area contributed by atoms with E-state index >= 15 is 0 Å². The van der Waals surface area contributed by atoms with E-state index in [0.29, 0.717) is 22.5 Å². The van der Waals surface area contributed by atoms with Gasteiger partial charge in [0.1, 0.15) is 6.07 Å². The van der Waals surface area contributed by atoms with Crippen molar-refractivity contribution in [2.24, 2.45) is 0 Å². The first-order chi connectivity index (χ1) is 11.1. The van der Waals surface area contributed by atoms with Gasteiger partial charge >= 0.3 is 0 Å². The summed E-state index contributed by atoms with van der Waals surface area (Å²) in [4.78, 5) is 25.1. The van der Waals surface area contributed by atoms with Crippen LogP contribution in [0.5, 0.6) is 0 Å². The highest BCUT2D eigenvalue weighted by molar-refractivity contribution is 8.00. The summed E-state index contributed by atoms with van der Waals surface area (Å²) in [6, 6.07) is 14.0. The lowest BCUT2D eigenvalue weighted by Gasteiger charge is -2.21. The maximum atomic E-state index is 12.4. The highest BCUT2D eigenvalue weighted by Crippen LogP contribution is 2.36. The van der Waals surface area contributed by atoms with Crippen LogP contribution in [0.1, 0.15) is 22.8 Å². The summed E-state index contributed by atoms with van der Waals surface area (Å²) in [6.07, 6.45) is 0. The molecule has 0 radical (unpaired) electrons. The second-order valence-electron chi connectivity index (χ2n) is 5.07. The van der Waals surface area contributed by atoms with Crippen molar-refractivity contribution < 1.29 is 9.59 Å². The van der Waals surface area contributed by atoms with Gasteiger partial charge in [-0.3, -0.25) is 9.59 Å². The molecule has 114 valence electrons. The van der Waals surface area contributed by atoms with Gasteiger partial charge in [0, 0.05) is 10.5 Å². The molecule has 1 heterocycles. The molecular formula is C17H13N3O2S. The van der Waals surface area contributed by atoms with Gasteiger partial charge in [0.15, 0.2) is 0 Å². The van der Waals surface area contributed by atoms with Crippen LogP contribution in [0.25, 0.3) is 0 Å². The van der Waals surface area contributed by atoms with Crippen molar-refractivity contribution in [1.82, 2.24) is 0 Å². The summed E-state index contributed by atoms with van der Waals surface area (Å²) in [5, 5.41) is 14.4. The number of para-hydroxylation sites is 1. The minimum atomic E-state index is -0.326. The van der Waals surface area contributed by atoms with Crippen LogP contribution in [-0.2, 0) is 4.79 Å². The molecule has 0 aliphatic carbocycles. The van der Waals surface area contributed by atoms with Crippen LogP contribution in [0.2, 0.25) is 0 Å². The number of nitrogens with zero attached hydrogens (tertiary/aromatic N) is 1. The number of amides is 2. The average molecular weight is 323 g/mol. The van der Waals surface area contributed by atoms with Gasteiger partial charge in [-0.05, 0) is 37.3 Å². The topological polar surface area (TPSA) is 82.0 Å². The number of hydrogen-bond acceptors (Lipinski definition) is 4. The number of nitriles is 1. The summed E-state index contributed by atoms with van der Waals surface area (Å²) in [5.41, 5.74) is 1.92. The standard InChI is InChI=1S/C17H13N3O2S/c1-10-16(21)20-14-8-11(6-7-15(14)23-10)17(22)19-13-5-3-2-4-12(13)9-18/h2-8,10H,1H3,(H,19,22)(H,20,21). The van der Waals surface area contributed by atoms with E-state index in [4.69, 9.17) is 5.26 Å². The Balaban J connectivity index is 1.85. The summed E-state index contributed by atoms with van der Waals surface area (Å²) in [5.74, 6) is -0.400. The van der Waals surface area contributed by atoms with Crippen molar-refractivity contribution in [3.8, 4) is 6.07 Å². The zero-order chi connectivity index (χ0) is 16.4. The van der Waals surface area contributed by atoms with Crippen LogP contribution in [0.3, 0.4) is 0 Å². The summed E-state index contributed by atoms with van der Waals surface area (Å²) < 4.78 is 0. The molecular weight excluding hydrogens is 310 g/mol. The predicted octanol–water partition coefficient (Wildman–Crippen LogP) is 3.24. The van der Waals surface area contributed by atoms with E-state index in [9.17, 15) is 9.59 Å². The van der Waals surface area contributed by atoms with Crippen LogP contribution in [0, 0.1) is 11.3 Å². The Morgan fingerprint density at radius 1 is 1.30 bits per heavy atom. The molecule has 0 saturated carbocycles. The van der Waals surface area contributed by atoms with Crippen molar-refractivity contribution in [1.29, 1.82) is 5.26 Å². The van der Waals surface area contributed by atoms with Crippen molar-refractivity contribution in [2.45, 2.75) is 17.1 Å². The fourth-order valence-corrected chi connectivity index (χ4v) is 3.16. The zero-order valence-electron chi connectivity index (χ0n) is 12.3. The van der Waals surface area contributed by atoms with Crippen LogP contribution < -0.4 is 10.6 Å². The molecule has 2 aromatic rings. The number of rotatable bonds is 2. The molecule has 2 aromatic carbocycles. The number of carbonyl (C=O) groups excluding carboxylic acids is 2. The quantitative estimate of drug-likeness (QED) is 0.889. The molecule has 1 unspecified atom stereocenters. The van der Waals surface area contributed by atoms with Gasteiger partial charge in [0.25, 0.3) is 5.91 Å². The number of fused-ring (bicyclic) bond motifs is 1. The number of anilines is 2. The molecule has 2 N–H and O–H groups in total. The minimum Gasteiger partial charge on any atom is -0.324 e. The molecule has 6 heteroatoms. The van der Waals surface area contributed by atoms with Crippen LogP contribution in [-0.4, -0.2) is 17.1 Å². The van der Waals surface area contributed by atoms with Crippen LogP contribution in [0.4, 0.5) is 11.4 Å². The van der Waals surface area contributed by atoms with E-state index < -0.39 is 0 Å². The van der Waals surface area contributed by atoms with E-state index in [1.54, 1.807) is 36.4 Å². The van der Waals surface area contributed by atoms with Crippen molar-refractivity contribution in [2.75, 3.05) is 10.6 Å². The van der Waals surface area contributed by atoms with Gasteiger partial charge in [-0.25, -0.2) is 0 Å². The van der Waals surface area contributed by atoms with Crippen molar-refractivity contribution in [3.63, 3.8) is 0 Å². The molecule has 1 aliphatic heterocycles.